The zero-order chi connectivity index (χ0) is 19.6. The number of aromatic amines is 1. The Labute approximate surface area is 172 Å². The topological polar surface area (TPSA) is 45.8 Å². The van der Waals surface area contributed by atoms with E-state index in [1.807, 2.05) is 53.9 Å². The van der Waals surface area contributed by atoms with Crippen molar-refractivity contribution < 1.29 is 0 Å². The second kappa shape index (κ2) is 7.49. The van der Waals surface area contributed by atoms with E-state index < -0.39 is 0 Å². The van der Waals surface area contributed by atoms with Crippen molar-refractivity contribution in [1.82, 2.24) is 9.97 Å². The summed E-state index contributed by atoms with van der Waals surface area (Å²) in [6.45, 7) is 0. The molecule has 5 aromatic rings. The van der Waals surface area contributed by atoms with Gasteiger partial charge in [-0.3, -0.25) is 4.79 Å². The number of rotatable bonds is 4. The Morgan fingerprint density at radius 3 is 2.10 bits per heavy atom. The van der Waals surface area contributed by atoms with Crippen molar-refractivity contribution in [2.75, 3.05) is 0 Å². The zero-order valence-corrected chi connectivity index (χ0v) is 16.4. The summed E-state index contributed by atoms with van der Waals surface area (Å²) in [5.74, 6) is 0.696. The average Bonchev–Trinajstić information content (AvgIpc) is 3.20. The van der Waals surface area contributed by atoms with Crippen molar-refractivity contribution in [3.63, 3.8) is 0 Å². The molecule has 5 rings (SSSR count). The van der Waals surface area contributed by atoms with Crippen molar-refractivity contribution in [2.45, 2.75) is 6.42 Å². The standard InChI is InChI=1S/C25H18N2OS/c28-24-23-21(20-13-11-19(12-14-20)18-9-5-2-6-10-18)16-29-25(23)27-22(26-24)15-17-7-3-1-4-8-17/h1-14,16H,15H2,(H,26,27,28). The number of aromatic nitrogens is 2. The van der Waals surface area contributed by atoms with E-state index >= 15 is 0 Å². The highest BCUT2D eigenvalue weighted by Crippen LogP contribution is 2.32. The summed E-state index contributed by atoms with van der Waals surface area (Å²) < 4.78 is 0. The van der Waals surface area contributed by atoms with Crippen LogP contribution in [0.15, 0.2) is 95.1 Å². The Morgan fingerprint density at radius 2 is 1.38 bits per heavy atom. The van der Waals surface area contributed by atoms with Gasteiger partial charge in [-0.25, -0.2) is 4.98 Å². The van der Waals surface area contributed by atoms with Gasteiger partial charge in [-0.15, -0.1) is 11.3 Å². The van der Waals surface area contributed by atoms with Crippen molar-refractivity contribution in [2.24, 2.45) is 0 Å². The monoisotopic (exact) mass is 394 g/mol. The van der Waals surface area contributed by atoms with Gasteiger partial charge in [0.1, 0.15) is 10.7 Å². The lowest BCUT2D eigenvalue weighted by Crippen LogP contribution is -2.11. The molecule has 4 heteroatoms. The van der Waals surface area contributed by atoms with E-state index in [9.17, 15) is 4.79 Å². The Morgan fingerprint density at radius 1 is 0.759 bits per heavy atom. The van der Waals surface area contributed by atoms with E-state index in [1.165, 1.54) is 16.9 Å². The Bertz CT molecular complexity index is 1320. The lowest BCUT2D eigenvalue weighted by molar-refractivity contribution is 0.977. The van der Waals surface area contributed by atoms with Crippen molar-refractivity contribution in [3.05, 3.63) is 112 Å². The second-order valence-corrected chi connectivity index (χ2v) is 7.81. The molecule has 0 saturated heterocycles. The molecule has 0 radical (unpaired) electrons. The minimum absolute atomic E-state index is 0.0793. The van der Waals surface area contributed by atoms with Gasteiger partial charge in [-0.2, -0.15) is 0 Å². The number of benzene rings is 3. The normalized spacial score (nSPS) is 11.0. The number of nitrogens with zero attached hydrogens (tertiary/aromatic N) is 1. The maximum Gasteiger partial charge on any atom is 0.260 e. The van der Waals surface area contributed by atoms with Crippen LogP contribution in [-0.2, 0) is 6.42 Å². The molecule has 0 amide bonds. The van der Waals surface area contributed by atoms with Gasteiger partial charge in [-0.1, -0.05) is 84.9 Å². The van der Waals surface area contributed by atoms with Crippen molar-refractivity contribution >= 4 is 21.6 Å². The molecule has 140 valence electrons. The van der Waals surface area contributed by atoms with E-state index in [2.05, 4.69) is 41.4 Å². The fourth-order valence-electron chi connectivity index (χ4n) is 3.55. The number of thiophene rings is 1. The Kier molecular flexibility index (Phi) is 4.54. The SMILES string of the molecule is O=c1[nH]c(Cc2ccccc2)nc2scc(-c3ccc(-c4ccccc4)cc3)c12. The minimum Gasteiger partial charge on any atom is -0.310 e. The Balaban J connectivity index is 1.50. The summed E-state index contributed by atoms with van der Waals surface area (Å²) >= 11 is 1.52. The largest absolute Gasteiger partial charge is 0.310 e. The van der Waals surface area contributed by atoms with Gasteiger partial charge in [0.05, 0.1) is 5.39 Å². The van der Waals surface area contributed by atoms with Gasteiger partial charge in [0.25, 0.3) is 5.56 Å². The number of nitrogens with one attached hydrogen (secondary N) is 1. The van der Waals surface area contributed by atoms with E-state index in [1.54, 1.807) is 0 Å². The highest BCUT2D eigenvalue weighted by Gasteiger charge is 2.13. The number of hydrogen-bond acceptors (Lipinski definition) is 3. The summed E-state index contributed by atoms with van der Waals surface area (Å²) in [6, 6.07) is 28.7. The van der Waals surface area contributed by atoms with Gasteiger partial charge in [0.2, 0.25) is 0 Å². The molecule has 0 saturated carbocycles. The highest BCUT2D eigenvalue weighted by molar-refractivity contribution is 7.17. The fraction of sp³-hybridized carbons (Fsp3) is 0.0400. The molecular weight excluding hydrogens is 376 g/mol. The van der Waals surface area contributed by atoms with Crippen LogP contribution < -0.4 is 5.56 Å². The molecular formula is C25H18N2OS. The molecule has 0 fully saturated rings. The second-order valence-electron chi connectivity index (χ2n) is 6.95. The summed E-state index contributed by atoms with van der Waals surface area (Å²) in [5, 5.41) is 2.69. The molecule has 0 aliphatic carbocycles. The molecule has 29 heavy (non-hydrogen) atoms. The van der Waals surface area contributed by atoms with Crippen LogP contribution in [0.3, 0.4) is 0 Å². The highest BCUT2D eigenvalue weighted by atomic mass is 32.1. The van der Waals surface area contributed by atoms with Crippen molar-refractivity contribution in [1.29, 1.82) is 0 Å². The Hall–Kier alpha value is -3.50. The number of H-pyrrole nitrogens is 1. The maximum atomic E-state index is 12.8. The molecule has 2 aromatic heterocycles. The first kappa shape index (κ1) is 17.6. The van der Waals surface area contributed by atoms with Crippen molar-refractivity contribution in [3.8, 4) is 22.3 Å². The third-order valence-corrected chi connectivity index (χ3v) is 5.88. The molecule has 0 aliphatic heterocycles. The van der Waals surface area contributed by atoms with Crippen LogP contribution >= 0.6 is 11.3 Å². The number of fused-ring (bicyclic) bond motifs is 1. The first-order chi connectivity index (χ1) is 14.3. The van der Waals surface area contributed by atoms with Gasteiger partial charge >= 0.3 is 0 Å². The molecule has 3 aromatic carbocycles. The first-order valence-electron chi connectivity index (χ1n) is 9.48. The van der Waals surface area contributed by atoms with Crippen LogP contribution in [0.25, 0.3) is 32.5 Å². The van der Waals surface area contributed by atoms with E-state index in [0.717, 1.165) is 27.1 Å². The fourth-order valence-corrected chi connectivity index (χ4v) is 4.52. The molecule has 3 nitrogen and oxygen atoms in total. The minimum atomic E-state index is -0.0793. The van der Waals surface area contributed by atoms with Gasteiger partial charge in [0, 0.05) is 17.4 Å². The predicted octanol–water partition coefficient (Wildman–Crippen LogP) is 5.91. The smallest absolute Gasteiger partial charge is 0.260 e. The summed E-state index contributed by atoms with van der Waals surface area (Å²) in [4.78, 5) is 21.3. The maximum absolute atomic E-state index is 12.8. The van der Waals surface area contributed by atoms with E-state index in [0.29, 0.717) is 17.6 Å². The van der Waals surface area contributed by atoms with Crippen LogP contribution in [-0.4, -0.2) is 9.97 Å². The summed E-state index contributed by atoms with van der Waals surface area (Å²) in [7, 11) is 0. The molecule has 1 N–H and O–H groups in total. The molecule has 2 heterocycles. The average molecular weight is 394 g/mol. The van der Waals surface area contributed by atoms with Gasteiger partial charge in [0.15, 0.2) is 0 Å². The predicted molar refractivity (Wildman–Crippen MR) is 120 cm³/mol. The quantitative estimate of drug-likeness (QED) is 0.412. The third kappa shape index (κ3) is 3.50. The molecule has 0 bridgehead atoms. The van der Waals surface area contributed by atoms with Crippen LogP contribution in [0.5, 0.6) is 0 Å². The summed E-state index contributed by atoms with van der Waals surface area (Å²) in [6.07, 6.45) is 0.616. The molecule has 0 spiro atoms. The van der Waals surface area contributed by atoms with Crippen LogP contribution in [0, 0.1) is 0 Å². The lowest BCUT2D eigenvalue weighted by Gasteiger charge is -2.05. The van der Waals surface area contributed by atoms with Crippen LogP contribution in [0.2, 0.25) is 0 Å². The van der Waals surface area contributed by atoms with E-state index in [-0.39, 0.29) is 5.56 Å². The van der Waals surface area contributed by atoms with Gasteiger partial charge < -0.3 is 4.98 Å². The molecule has 0 unspecified atom stereocenters. The number of hydrogen-bond donors (Lipinski definition) is 1. The van der Waals surface area contributed by atoms with Crippen LogP contribution in [0.1, 0.15) is 11.4 Å². The van der Waals surface area contributed by atoms with Gasteiger partial charge in [-0.05, 0) is 22.3 Å². The molecule has 0 atom stereocenters. The lowest BCUT2D eigenvalue weighted by atomic mass is 10.0. The van der Waals surface area contributed by atoms with Crippen LogP contribution in [0.4, 0.5) is 0 Å². The molecule has 0 aliphatic rings. The third-order valence-electron chi connectivity index (χ3n) is 5.01. The first-order valence-corrected chi connectivity index (χ1v) is 10.4. The van der Waals surface area contributed by atoms with E-state index in [4.69, 9.17) is 4.98 Å². The zero-order valence-electron chi connectivity index (χ0n) is 15.6. The summed E-state index contributed by atoms with van der Waals surface area (Å²) in [5.41, 5.74) is 5.35.